The monoisotopic (exact) mass is 342 g/mol. The number of hydrogen-bond acceptors (Lipinski definition) is 6. The Kier molecular flexibility index (Phi) is 5.14. The first kappa shape index (κ1) is 17.2. The molecule has 0 amide bonds. The first-order valence-electron chi connectivity index (χ1n) is 8.19. The number of aliphatic hydroxyl groups excluding tert-OH is 1. The zero-order valence-electron chi connectivity index (χ0n) is 14.7. The molecule has 7 heteroatoms. The minimum absolute atomic E-state index is 0.0138. The molecule has 132 valence electrons. The van der Waals surface area contributed by atoms with Crippen molar-refractivity contribution >= 4 is 0 Å². The molecule has 3 rings (SSSR count). The van der Waals surface area contributed by atoms with Gasteiger partial charge in [0, 0.05) is 18.4 Å². The van der Waals surface area contributed by atoms with Gasteiger partial charge in [0.25, 0.3) is 0 Å². The van der Waals surface area contributed by atoms with Crippen molar-refractivity contribution in [2.24, 2.45) is 0 Å². The number of aliphatic hydroxyl groups is 1. The lowest BCUT2D eigenvalue weighted by Crippen LogP contribution is -2.09. The van der Waals surface area contributed by atoms with Crippen molar-refractivity contribution in [3.8, 4) is 5.75 Å². The lowest BCUT2D eigenvalue weighted by Gasteiger charge is -2.03. The fourth-order valence-corrected chi connectivity index (χ4v) is 2.74. The highest BCUT2D eigenvalue weighted by atomic mass is 16.5. The van der Waals surface area contributed by atoms with Gasteiger partial charge in [0.05, 0.1) is 26.0 Å². The van der Waals surface area contributed by atoms with E-state index in [9.17, 15) is 5.11 Å². The molecule has 0 saturated heterocycles. The number of rotatable bonds is 7. The average Bonchev–Trinajstić information content (AvgIpc) is 3.14. The molecule has 0 radical (unpaired) electrons. The van der Waals surface area contributed by atoms with Crippen LogP contribution in [-0.4, -0.2) is 38.7 Å². The highest BCUT2D eigenvalue weighted by Crippen LogP contribution is 2.18. The Hall–Kier alpha value is -2.67. The number of aromatic nitrogens is 4. The standard InChI is InChI=1S/C18H22N4O3/c1-12-16(13(2)25-21-12)11-18-19-17(20-22(18)8-9-23)10-14-4-6-15(24-3)7-5-14/h4-7,23H,8-11H2,1-3H3. The van der Waals surface area contributed by atoms with Crippen LogP contribution < -0.4 is 4.74 Å². The van der Waals surface area contributed by atoms with Gasteiger partial charge in [0.2, 0.25) is 0 Å². The van der Waals surface area contributed by atoms with Crippen molar-refractivity contribution in [3.05, 3.63) is 58.5 Å². The lowest BCUT2D eigenvalue weighted by atomic mass is 10.1. The second-order valence-electron chi connectivity index (χ2n) is 5.90. The molecule has 0 saturated carbocycles. The number of aryl methyl sites for hydroxylation is 2. The maximum atomic E-state index is 9.30. The van der Waals surface area contributed by atoms with Gasteiger partial charge in [-0.25, -0.2) is 9.67 Å². The third-order valence-corrected chi connectivity index (χ3v) is 4.14. The van der Waals surface area contributed by atoms with E-state index >= 15 is 0 Å². The van der Waals surface area contributed by atoms with Gasteiger partial charge < -0.3 is 14.4 Å². The molecule has 0 aliphatic carbocycles. The molecule has 7 nitrogen and oxygen atoms in total. The van der Waals surface area contributed by atoms with Crippen LogP contribution in [0.2, 0.25) is 0 Å². The number of nitrogens with zero attached hydrogens (tertiary/aromatic N) is 4. The van der Waals surface area contributed by atoms with Crippen molar-refractivity contribution in [3.63, 3.8) is 0 Å². The van der Waals surface area contributed by atoms with E-state index in [2.05, 4.69) is 15.2 Å². The van der Waals surface area contributed by atoms with Gasteiger partial charge in [-0.05, 0) is 31.5 Å². The molecule has 0 fully saturated rings. The van der Waals surface area contributed by atoms with E-state index < -0.39 is 0 Å². The summed E-state index contributed by atoms with van der Waals surface area (Å²) in [5.41, 5.74) is 2.97. The Bertz CT molecular complexity index is 817. The molecule has 0 unspecified atom stereocenters. The van der Waals surface area contributed by atoms with Crippen molar-refractivity contribution in [2.75, 3.05) is 13.7 Å². The fourth-order valence-electron chi connectivity index (χ4n) is 2.74. The average molecular weight is 342 g/mol. The Labute approximate surface area is 146 Å². The zero-order valence-corrected chi connectivity index (χ0v) is 14.7. The maximum Gasteiger partial charge on any atom is 0.155 e. The smallest absolute Gasteiger partial charge is 0.155 e. The van der Waals surface area contributed by atoms with Crippen LogP contribution in [0, 0.1) is 13.8 Å². The third-order valence-electron chi connectivity index (χ3n) is 4.14. The number of hydrogen-bond donors (Lipinski definition) is 1. The van der Waals surface area contributed by atoms with Gasteiger partial charge in [-0.2, -0.15) is 5.10 Å². The molecular weight excluding hydrogens is 320 g/mol. The lowest BCUT2D eigenvalue weighted by molar-refractivity contribution is 0.267. The topological polar surface area (TPSA) is 86.2 Å². The van der Waals surface area contributed by atoms with E-state index in [-0.39, 0.29) is 6.61 Å². The Morgan fingerprint density at radius 1 is 1.16 bits per heavy atom. The second-order valence-corrected chi connectivity index (χ2v) is 5.90. The van der Waals surface area contributed by atoms with Crippen molar-refractivity contribution in [1.82, 2.24) is 19.9 Å². The Morgan fingerprint density at radius 2 is 1.92 bits per heavy atom. The maximum absolute atomic E-state index is 9.30. The van der Waals surface area contributed by atoms with Crippen LogP contribution in [0.25, 0.3) is 0 Å². The summed E-state index contributed by atoms with van der Waals surface area (Å²) in [5, 5.41) is 17.8. The zero-order chi connectivity index (χ0) is 17.8. The summed E-state index contributed by atoms with van der Waals surface area (Å²) in [6.45, 7) is 4.23. The van der Waals surface area contributed by atoms with Gasteiger partial charge in [-0.1, -0.05) is 17.3 Å². The van der Waals surface area contributed by atoms with Crippen LogP contribution in [0.5, 0.6) is 5.75 Å². The van der Waals surface area contributed by atoms with E-state index in [4.69, 9.17) is 9.26 Å². The van der Waals surface area contributed by atoms with Crippen LogP contribution in [0.4, 0.5) is 0 Å². The van der Waals surface area contributed by atoms with E-state index in [0.29, 0.717) is 19.4 Å². The number of ether oxygens (including phenoxy) is 1. The van der Waals surface area contributed by atoms with E-state index in [1.807, 2.05) is 38.1 Å². The SMILES string of the molecule is COc1ccc(Cc2nc(Cc3c(C)noc3C)n(CCO)n2)cc1. The first-order valence-corrected chi connectivity index (χ1v) is 8.19. The van der Waals surface area contributed by atoms with Crippen LogP contribution >= 0.6 is 0 Å². The predicted molar refractivity (Wildman–Crippen MR) is 91.7 cm³/mol. The normalized spacial score (nSPS) is 11.0. The quantitative estimate of drug-likeness (QED) is 0.707. The van der Waals surface area contributed by atoms with Crippen molar-refractivity contribution in [2.45, 2.75) is 33.2 Å². The molecule has 0 spiro atoms. The van der Waals surface area contributed by atoms with Crippen LogP contribution in [0.15, 0.2) is 28.8 Å². The third kappa shape index (κ3) is 3.88. The largest absolute Gasteiger partial charge is 0.497 e. The van der Waals surface area contributed by atoms with E-state index in [1.54, 1.807) is 11.8 Å². The minimum atomic E-state index is 0.0138. The summed E-state index contributed by atoms with van der Waals surface area (Å²) in [6.07, 6.45) is 1.20. The Balaban J connectivity index is 1.83. The van der Waals surface area contributed by atoms with Gasteiger partial charge in [0.1, 0.15) is 17.3 Å². The molecule has 3 aromatic rings. The van der Waals surface area contributed by atoms with Gasteiger partial charge >= 0.3 is 0 Å². The number of benzene rings is 1. The minimum Gasteiger partial charge on any atom is -0.497 e. The van der Waals surface area contributed by atoms with Crippen LogP contribution in [0.1, 0.15) is 34.2 Å². The molecule has 2 heterocycles. The Morgan fingerprint density at radius 3 is 2.52 bits per heavy atom. The summed E-state index contributed by atoms with van der Waals surface area (Å²) in [6, 6.07) is 7.84. The fraction of sp³-hybridized carbons (Fsp3) is 0.389. The molecule has 2 aromatic heterocycles. The highest BCUT2D eigenvalue weighted by Gasteiger charge is 2.16. The molecule has 1 aromatic carbocycles. The summed E-state index contributed by atoms with van der Waals surface area (Å²) in [7, 11) is 1.65. The van der Waals surface area contributed by atoms with E-state index in [0.717, 1.165) is 40.0 Å². The molecule has 0 bridgehead atoms. The second kappa shape index (κ2) is 7.48. The summed E-state index contributed by atoms with van der Waals surface area (Å²) in [4.78, 5) is 4.66. The predicted octanol–water partition coefficient (Wildman–Crippen LogP) is 2.07. The first-order chi connectivity index (χ1) is 12.1. The van der Waals surface area contributed by atoms with Crippen LogP contribution in [0.3, 0.4) is 0 Å². The molecular formula is C18H22N4O3. The number of methoxy groups -OCH3 is 1. The van der Waals surface area contributed by atoms with Gasteiger partial charge in [-0.3, -0.25) is 0 Å². The molecule has 0 atom stereocenters. The summed E-state index contributed by atoms with van der Waals surface area (Å²) >= 11 is 0. The summed E-state index contributed by atoms with van der Waals surface area (Å²) in [5.74, 6) is 3.13. The van der Waals surface area contributed by atoms with Crippen molar-refractivity contribution < 1.29 is 14.4 Å². The van der Waals surface area contributed by atoms with Gasteiger partial charge in [0.15, 0.2) is 5.82 Å². The van der Waals surface area contributed by atoms with Crippen molar-refractivity contribution in [1.29, 1.82) is 0 Å². The molecule has 0 aliphatic heterocycles. The molecule has 0 aliphatic rings. The van der Waals surface area contributed by atoms with Gasteiger partial charge in [-0.15, -0.1) is 0 Å². The molecule has 1 N–H and O–H groups in total. The molecule has 25 heavy (non-hydrogen) atoms. The summed E-state index contributed by atoms with van der Waals surface area (Å²) < 4.78 is 12.2. The highest BCUT2D eigenvalue weighted by molar-refractivity contribution is 5.29. The van der Waals surface area contributed by atoms with E-state index in [1.165, 1.54) is 0 Å². The van der Waals surface area contributed by atoms with Crippen LogP contribution in [-0.2, 0) is 19.4 Å².